The van der Waals surface area contributed by atoms with Crippen LogP contribution in [0.1, 0.15) is 31.0 Å². The molecule has 8 heteroatoms. The van der Waals surface area contributed by atoms with Crippen LogP contribution in [-0.2, 0) is 16.1 Å². The molecule has 0 N–H and O–H groups in total. The normalized spacial score (nSPS) is 15.4. The topological polar surface area (TPSA) is 74.8 Å². The lowest BCUT2D eigenvalue weighted by molar-refractivity contribution is -0.139. The SMILES string of the molecule is C=CCn1cc(/C=c2/sc3n(c2=O)C(c2cccc(OC)c2)C(C(=O)OCC)=C(C)N=3)c2ccccc21. The number of hydrogen-bond donors (Lipinski definition) is 0. The van der Waals surface area contributed by atoms with Crippen molar-refractivity contribution in [2.75, 3.05) is 13.7 Å². The van der Waals surface area contributed by atoms with Crippen LogP contribution in [0.25, 0.3) is 17.0 Å². The minimum Gasteiger partial charge on any atom is -0.497 e. The number of carbonyl (C=O) groups is 1. The summed E-state index contributed by atoms with van der Waals surface area (Å²) in [6, 6.07) is 14.8. The number of hydrogen-bond acceptors (Lipinski definition) is 6. The van der Waals surface area contributed by atoms with Gasteiger partial charge >= 0.3 is 5.97 Å². The Balaban J connectivity index is 1.75. The predicted octanol–water partition coefficient (Wildman–Crippen LogP) is 3.95. The first-order valence-corrected chi connectivity index (χ1v) is 12.8. The highest BCUT2D eigenvalue weighted by atomic mass is 32.1. The molecule has 0 saturated carbocycles. The number of ether oxygens (including phenoxy) is 2. The van der Waals surface area contributed by atoms with Crippen molar-refractivity contribution < 1.29 is 14.3 Å². The summed E-state index contributed by atoms with van der Waals surface area (Å²) in [6.07, 6.45) is 5.77. The van der Waals surface area contributed by atoms with Crippen LogP contribution in [0.15, 0.2) is 88.4 Å². The van der Waals surface area contributed by atoms with Crippen molar-refractivity contribution in [1.82, 2.24) is 9.13 Å². The molecule has 0 radical (unpaired) electrons. The number of benzene rings is 2. The molecule has 188 valence electrons. The quantitative estimate of drug-likeness (QED) is 0.277. The summed E-state index contributed by atoms with van der Waals surface area (Å²) < 4.78 is 15.0. The molecule has 0 bridgehead atoms. The molecule has 0 aliphatic carbocycles. The molecule has 7 nitrogen and oxygen atoms in total. The molecule has 1 atom stereocenters. The summed E-state index contributed by atoms with van der Waals surface area (Å²) >= 11 is 1.31. The number of nitrogens with zero attached hydrogens (tertiary/aromatic N) is 3. The Morgan fingerprint density at radius 2 is 2.03 bits per heavy atom. The molecule has 0 spiro atoms. The van der Waals surface area contributed by atoms with Crippen LogP contribution in [0.2, 0.25) is 0 Å². The molecular formula is C29H27N3O4S. The van der Waals surface area contributed by atoms with Crippen LogP contribution in [0.3, 0.4) is 0 Å². The van der Waals surface area contributed by atoms with Gasteiger partial charge in [0.2, 0.25) is 0 Å². The Hall–Kier alpha value is -4.17. The van der Waals surface area contributed by atoms with Crippen molar-refractivity contribution in [1.29, 1.82) is 0 Å². The molecule has 0 amide bonds. The number of fused-ring (bicyclic) bond motifs is 2. The third-order valence-corrected chi connectivity index (χ3v) is 7.34. The van der Waals surface area contributed by atoms with E-state index >= 15 is 0 Å². The van der Waals surface area contributed by atoms with Crippen LogP contribution < -0.4 is 19.6 Å². The first-order chi connectivity index (χ1) is 18.0. The highest BCUT2D eigenvalue weighted by molar-refractivity contribution is 7.07. The van der Waals surface area contributed by atoms with Gasteiger partial charge in [-0.25, -0.2) is 9.79 Å². The molecule has 0 fully saturated rings. The predicted molar refractivity (Wildman–Crippen MR) is 146 cm³/mol. The average molecular weight is 514 g/mol. The lowest BCUT2D eigenvalue weighted by Gasteiger charge is -2.25. The third kappa shape index (κ3) is 4.34. The summed E-state index contributed by atoms with van der Waals surface area (Å²) in [5.74, 6) is 0.144. The molecule has 3 heterocycles. The minimum absolute atomic E-state index is 0.216. The van der Waals surface area contributed by atoms with Gasteiger partial charge in [-0.1, -0.05) is 47.7 Å². The van der Waals surface area contributed by atoms with Gasteiger partial charge in [0, 0.05) is 29.2 Å². The van der Waals surface area contributed by atoms with Crippen LogP contribution in [-0.4, -0.2) is 28.8 Å². The number of allylic oxidation sites excluding steroid dienone is 2. The van der Waals surface area contributed by atoms with E-state index in [-0.39, 0.29) is 12.2 Å². The molecule has 2 aromatic carbocycles. The zero-order chi connectivity index (χ0) is 26.1. The zero-order valence-electron chi connectivity index (χ0n) is 20.9. The first kappa shape index (κ1) is 24.5. The fraction of sp³-hybridized carbons (Fsp3) is 0.207. The zero-order valence-corrected chi connectivity index (χ0v) is 21.7. The van der Waals surface area contributed by atoms with Gasteiger partial charge in [-0.2, -0.15) is 0 Å². The summed E-state index contributed by atoms with van der Waals surface area (Å²) in [4.78, 5) is 32.2. The number of carbonyl (C=O) groups excluding carboxylic acids is 1. The van der Waals surface area contributed by atoms with Gasteiger partial charge in [0.15, 0.2) is 4.80 Å². The third-order valence-electron chi connectivity index (χ3n) is 6.36. The standard InChI is InChI=1S/C29H27N3O4S/c1-5-14-31-17-20(22-12-7-8-13-23(22)31)16-24-27(33)32-26(19-10-9-11-21(15-19)35-4)25(28(34)36-6-2)18(3)30-29(32)37-24/h5,7-13,15-17,26H,1,6,14H2,2-4H3/b24-16+. The van der Waals surface area contributed by atoms with Gasteiger partial charge < -0.3 is 14.0 Å². The Morgan fingerprint density at radius 1 is 1.22 bits per heavy atom. The van der Waals surface area contributed by atoms with Crippen molar-refractivity contribution in [2.24, 2.45) is 4.99 Å². The summed E-state index contributed by atoms with van der Waals surface area (Å²) in [5, 5.41) is 1.04. The van der Waals surface area contributed by atoms with Crippen molar-refractivity contribution >= 4 is 34.3 Å². The average Bonchev–Trinajstić information content (AvgIpc) is 3.40. The van der Waals surface area contributed by atoms with Crippen LogP contribution >= 0.6 is 11.3 Å². The number of esters is 1. The molecule has 4 aromatic rings. The van der Waals surface area contributed by atoms with Crippen LogP contribution in [0.5, 0.6) is 5.75 Å². The Morgan fingerprint density at radius 3 is 2.78 bits per heavy atom. The van der Waals surface area contributed by atoms with E-state index in [9.17, 15) is 9.59 Å². The maximum Gasteiger partial charge on any atom is 0.338 e. The van der Waals surface area contributed by atoms with E-state index in [0.717, 1.165) is 22.0 Å². The minimum atomic E-state index is -0.686. The van der Waals surface area contributed by atoms with Gasteiger partial charge in [-0.3, -0.25) is 9.36 Å². The molecule has 1 aliphatic rings. The fourth-order valence-electron chi connectivity index (χ4n) is 4.74. The lowest BCUT2D eigenvalue weighted by Crippen LogP contribution is -2.39. The first-order valence-electron chi connectivity index (χ1n) is 12.0. The van der Waals surface area contributed by atoms with E-state index in [1.54, 1.807) is 25.5 Å². The number of para-hydroxylation sites is 1. The Labute approximate surface area is 217 Å². The van der Waals surface area contributed by atoms with Gasteiger partial charge in [0.05, 0.1) is 35.6 Å². The van der Waals surface area contributed by atoms with Gasteiger partial charge in [-0.05, 0) is 43.7 Å². The summed E-state index contributed by atoms with van der Waals surface area (Å²) in [7, 11) is 1.58. The number of methoxy groups -OCH3 is 1. The van der Waals surface area contributed by atoms with Crippen molar-refractivity contribution in [3.8, 4) is 5.75 Å². The highest BCUT2D eigenvalue weighted by Crippen LogP contribution is 2.32. The maximum absolute atomic E-state index is 13.9. The van der Waals surface area contributed by atoms with Crippen molar-refractivity contribution in [3.63, 3.8) is 0 Å². The number of aromatic nitrogens is 2. The Kier molecular flexibility index (Phi) is 6.67. The maximum atomic E-state index is 13.9. The van der Waals surface area contributed by atoms with Crippen molar-refractivity contribution in [3.05, 3.63) is 109 Å². The number of rotatable bonds is 7. The molecule has 1 aliphatic heterocycles. The molecular weight excluding hydrogens is 486 g/mol. The second-order valence-electron chi connectivity index (χ2n) is 8.62. The second-order valence-corrected chi connectivity index (χ2v) is 9.63. The molecule has 5 rings (SSSR count). The lowest BCUT2D eigenvalue weighted by atomic mass is 9.95. The second kappa shape index (κ2) is 10.1. The van der Waals surface area contributed by atoms with Crippen LogP contribution in [0.4, 0.5) is 0 Å². The molecule has 1 unspecified atom stereocenters. The number of thiazole rings is 1. The van der Waals surface area contributed by atoms with E-state index in [0.29, 0.717) is 32.9 Å². The van der Waals surface area contributed by atoms with Gasteiger partial charge in [0.1, 0.15) is 5.75 Å². The Bertz CT molecular complexity index is 1740. The van der Waals surface area contributed by atoms with Crippen LogP contribution in [0, 0.1) is 0 Å². The van der Waals surface area contributed by atoms with E-state index < -0.39 is 12.0 Å². The molecule has 37 heavy (non-hydrogen) atoms. The van der Waals surface area contributed by atoms with E-state index in [1.165, 1.54) is 11.3 Å². The van der Waals surface area contributed by atoms with Crippen molar-refractivity contribution in [2.45, 2.75) is 26.4 Å². The van der Waals surface area contributed by atoms with E-state index in [1.807, 2.05) is 60.8 Å². The summed E-state index contributed by atoms with van der Waals surface area (Å²) in [5.41, 5.74) is 3.40. The smallest absolute Gasteiger partial charge is 0.338 e. The molecule has 0 saturated heterocycles. The summed E-state index contributed by atoms with van der Waals surface area (Å²) in [6.45, 7) is 8.27. The van der Waals surface area contributed by atoms with Gasteiger partial charge in [-0.15, -0.1) is 6.58 Å². The fourth-order valence-corrected chi connectivity index (χ4v) is 5.78. The van der Waals surface area contributed by atoms with Gasteiger partial charge in [0.25, 0.3) is 5.56 Å². The molecule has 2 aromatic heterocycles. The largest absolute Gasteiger partial charge is 0.497 e. The monoisotopic (exact) mass is 513 g/mol. The van der Waals surface area contributed by atoms with E-state index in [4.69, 9.17) is 9.47 Å². The van der Waals surface area contributed by atoms with E-state index in [2.05, 4.69) is 22.2 Å². The highest BCUT2D eigenvalue weighted by Gasteiger charge is 2.33.